The van der Waals surface area contributed by atoms with Gasteiger partial charge in [0.05, 0.1) is 18.5 Å². The van der Waals surface area contributed by atoms with Crippen molar-refractivity contribution in [2.45, 2.75) is 20.4 Å². The number of nitrogens with zero attached hydrogens (tertiary/aromatic N) is 2. The molecule has 0 radical (unpaired) electrons. The lowest BCUT2D eigenvalue weighted by Crippen LogP contribution is -2.31. The summed E-state index contributed by atoms with van der Waals surface area (Å²) in [5.74, 6) is 0.388. The lowest BCUT2D eigenvalue weighted by atomic mass is 10.1. The average Bonchev–Trinajstić information content (AvgIpc) is 3.16. The van der Waals surface area contributed by atoms with Gasteiger partial charge in [0, 0.05) is 27.2 Å². The van der Waals surface area contributed by atoms with Crippen molar-refractivity contribution in [3.63, 3.8) is 0 Å². The molecule has 2 aromatic carbocycles. The maximum absolute atomic E-state index is 12.9. The highest BCUT2D eigenvalue weighted by molar-refractivity contribution is 7.17. The van der Waals surface area contributed by atoms with Gasteiger partial charge in [0.1, 0.15) is 10.7 Å². The summed E-state index contributed by atoms with van der Waals surface area (Å²) in [5.41, 5.74) is 4.35. The summed E-state index contributed by atoms with van der Waals surface area (Å²) in [7, 11) is 1.82. The maximum atomic E-state index is 12.9. The molecule has 4 rings (SSSR count). The van der Waals surface area contributed by atoms with E-state index in [1.807, 2.05) is 67.6 Å². The summed E-state index contributed by atoms with van der Waals surface area (Å²) in [4.78, 5) is 35.3. The van der Waals surface area contributed by atoms with Crippen molar-refractivity contribution in [2.75, 3.05) is 18.9 Å². The van der Waals surface area contributed by atoms with E-state index in [2.05, 4.69) is 15.3 Å². The first kappa shape index (κ1) is 22.2. The van der Waals surface area contributed by atoms with Gasteiger partial charge in [-0.3, -0.25) is 14.5 Å². The Kier molecular flexibility index (Phi) is 6.41. The number of nitrogens with one attached hydrogen (secondary N) is 2. The summed E-state index contributed by atoms with van der Waals surface area (Å²) < 4.78 is 0. The van der Waals surface area contributed by atoms with Crippen LogP contribution in [0.15, 0.2) is 52.6 Å². The van der Waals surface area contributed by atoms with Crippen molar-refractivity contribution in [3.8, 4) is 11.1 Å². The van der Waals surface area contributed by atoms with E-state index < -0.39 is 0 Å². The highest BCUT2D eigenvalue weighted by Crippen LogP contribution is 2.34. The molecule has 0 atom stereocenters. The molecule has 0 bridgehead atoms. The monoisotopic (exact) mass is 466 g/mol. The fourth-order valence-corrected chi connectivity index (χ4v) is 4.77. The van der Waals surface area contributed by atoms with Crippen LogP contribution in [0.5, 0.6) is 0 Å². The number of benzene rings is 2. The molecular weight excluding hydrogens is 444 g/mol. The predicted octanol–water partition coefficient (Wildman–Crippen LogP) is 4.99. The fraction of sp³-hybridized carbons (Fsp3) is 0.208. The highest BCUT2D eigenvalue weighted by Gasteiger charge is 2.16. The molecule has 4 aromatic rings. The number of H-pyrrole nitrogens is 1. The predicted molar refractivity (Wildman–Crippen MR) is 132 cm³/mol. The van der Waals surface area contributed by atoms with E-state index in [1.165, 1.54) is 11.3 Å². The molecule has 0 aliphatic rings. The van der Waals surface area contributed by atoms with Crippen LogP contribution >= 0.6 is 22.9 Å². The van der Waals surface area contributed by atoms with Crippen LogP contribution in [-0.4, -0.2) is 34.4 Å². The van der Waals surface area contributed by atoms with E-state index in [-0.39, 0.29) is 18.0 Å². The molecule has 0 aliphatic heterocycles. The Balaban J connectivity index is 1.50. The Morgan fingerprint density at radius 3 is 2.72 bits per heavy atom. The van der Waals surface area contributed by atoms with E-state index >= 15 is 0 Å². The highest BCUT2D eigenvalue weighted by atomic mass is 35.5. The van der Waals surface area contributed by atoms with Crippen molar-refractivity contribution in [3.05, 3.63) is 80.2 Å². The minimum Gasteiger partial charge on any atom is -0.325 e. The number of amides is 1. The van der Waals surface area contributed by atoms with E-state index in [4.69, 9.17) is 11.6 Å². The lowest BCUT2D eigenvalue weighted by Gasteiger charge is -2.17. The first-order chi connectivity index (χ1) is 15.3. The number of aryl methyl sites for hydroxylation is 1. The van der Waals surface area contributed by atoms with Crippen LogP contribution in [0.3, 0.4) is 0 Å². The number of hydrogen-bond donors (Lipinski definition) is 2. The molecule has 0 saturated heterocycles. The zero-order valence-electron chi connectivity index (χ0n) is 18.0. The number of aromatic amines is 1. The Morgan fingerprint density at radius 2 is 1.94 bits per heavy atom. The molecule has 1 amide bonds. The van der Waals surface area contributed by atoms with Gasteiger partial charge < -0.3 is 10.3 Å². The minimum absolute atomic E-state index is 0.123. The van der Waals surface area contributed by atoms with Crippen LogP contribution in [0, 0.1) is 13.8 Å². The molecular formula is C24H23ClN4O2S. The van der Waals surface area contributed by atoms with E-state index in [0.717, 1.165) is 27.9 Å². The molecule has 0 saturated carbocycles. The second-order valence-electron chi connectivity index (χ2n) is 7.79. The van der Waals surface area contributed by atoms with Gasteiger partial charge >= 0.3 is 0 Å². The summed E-state index contributed by atoms with van der Waals surface area (Å²) in [6.07, 6.45) is 0. The van der Waals surface area contributed by atoms with Gasteiger partial charge in [-0.15, -0.1) is 11.3 Å². The minimum atomic E-state index is -0.214. The van der Waals surface area contributed by atoms with Crippen LogP contribution in [0.25, 0.3) is 21.3 Å². The van der Waals surface area contributed by atoms with Crippen molar-refractivity contribution >= 4 is 44.7 Å². The third kappa shape index (κ3) is 4.60. The van der Waals surface area contributed by atoms with Crippen molar-refractivity contribution in [1.82, 2.24) is 14.9 Å². The Hall–Kier alpha value is -3.00. The van der Waals surface area contributed by atoms with Crippen LogP contribution in [-0.2, 0) is 11.3 Å². The molecule has 2 N–H and O–H groups in total. The van der Waals surface area contributed by atoms with Gasteiger partial charge in [0.25, 0.3) is 5.56 Å². The van der Waals surface area contributed by atoms with Crippen LogP contribution < -0.4 is 10.9 Å². The molecule has 0 aliphatic carbocycles. The van der Waals surface area contributed by atoms with Gasteiger partial charge in [0.2, 0.25) is 5.91 Å². The molecule has 2 heterocycles. The van der Waals surface area contributed by atoms with E-state index in [9.17, 15) is 9.59 Å². The summed E-state index contributed by atoms with van der Waals surface area (Å²) in [5, 5.41) is 5.97. The third-order valence-electron chi connectivity index (χ3n) is 5.37. The van der Waals surface area contributed by atoms with Gasteiger partial charge in [-0.2, -0.15) is 0 Å². The molecule has 0 spiro atoms. The van der Waals surface area contributed by atoms with Gasteiger partial charge in [-0.1, -0.05) is 41.9 Å². The van der Waals surface area contributed by atoms with Crippen molar-refractivity contribution < 1.29 is 4.79 Å². The number of thiophene rings is 1. The molecule has 8 heteroatoms. The molecule has 164 valence electrons. The van der Waals surface area contributed by atoms with Crippen LogP contribution in [0.2, 0.25) is 5.02 Å². The lowest BCUT2D eigenvalue weighted by molar-refractivity contribution is -0.117. The molecule has 32 heavy (non-hydrogen) atoms. The fourth-order valence-electron chi connectivity index (χ4n) is 3.58. The zero-order chi connectivity index (χ0) is 22.8. The number of carbonyl (C=O) groups excluding carboxylic acids is 1. The number of rotatable bonds is 6. The van der Waals surface area contributed by atoms with E-state index in [0.29, 0.717) is 27.6 Å². The molecule has 0 fully saturated rings. The third-order valence-corrected chi connectivity index (χ3v) is 6.57. The standard InChI is InChI=1S/C24H23ClN4O2S/c1-14-7-6-10-19(15(14)2)26-21(30)12-29(3)11-20-27-23(31)22-17(13-32-24(22)28-20)16-8-4-5-9-18(16)25/h4-10,13H,11-12H2,1-3H3,(H,26,30)(H,27,28,31). The van der Waals surface area contributed by atoms with Crippen LogP contribution in [0.1, 0.15) is 17.0 Å². The smallest absolute Gasteiger partial charge is 0.260 e. The van der Waals surface area contributed by atoms with Crippen molar-refractivity contribution in [1.29, 1.82) is 0 Å². The first-order valence-corrected chi connectivity index (χ1v) is 11.4. The molecule has 0 unspecified atom stereocenters. The molecule has 2 aromatic heterocycles. The Bertz CT molecular complexity index is 1360. The zero-order valence-corrected chi connectivity index (χ0v) is 19.6. The number of likely N-dealkylation sites (N-methyl/N-ethyl adjacent to an activating group) is 1. The number of aromatic nitrogens is 2. The normalized spacial score (nSPS) is 11.3. The number of carbonyl (C=O) groups is 1. The Morgan fingerprint density at radius 1 is 1.16 bits per heavy atom. The van der Waals surface area contributed by atoms with Crippen molar-refractivity contribution in [2.24, 2.45) is 0 Å². The summed E-state index contributed by atoms with van der Waals surface area (Å²) in [6.45, 7) is 4.50. The maximum Gasteiger partial charge on any atom is 0.260 e. The first-order valence-electron chi connectivity index (χ1n) is 10.1. The van der Waals surface area contributed by atoms with Gasteiger partial charge in [-0.25, -0.2) is 4.98 Å². The van der Waals surface area contributed by atoms with Gasteiger partial charge in [-0.05, 0) is 44.2 Å². The summed E-state index contributed by atoms with van der Waals surface area (Å²) >= 11 is 7.72. The number of halogens is 1. The average molecular weight is 467 g/mol. The molecule has 6 nitrogen and oxygen atoms in total. The number of hydrogen-bond acceptors (Lipinski definition) is 5. The second kappa shape index (κ2) is 9.24. The topological polar surface area (TPSA) is 78.1 Å². The SMILES string of the molecule is Cc1cccc(NC(=O)CN(C)Cc2nc3scc(-c4ccccc4Cl)c3c(=O)[nH]2)c1C. The Labute approximate surface area is 194 Å². The van der Waals surface area contributed by atoms with E-state index in [1.54, 1.807) is 6.07 Å². The van der Waals surface area contributed by atoms with Crippen LogP contribution in [0.4, 0.5) is 5.69 Å². The second-order valence-corrected chi connectivity index (χ2v) is 9.06. The number of fused-ring (bicyclic) bond motifs is 1. The van der Waals surface area contributed by atoms with Gasteiger partial charge in [0.15, 0.2) is 0 Å². The number of anilines is 1. The summed E-state index contributed by atoms with van der Waals surface area (Å²) in [6, 6.07) is 13.3. The quantitative estimate of drug-likeness (QED) is 0.419. The largest absolute Gasteiger partial charge is 0.325 e.